The average molecular weight is 444 g/mol. The van der Waals surface area contributed by atoms with Crippen LogP contribution >= 0.6 is 11.8 Å². The Bertz CT molecular complexity index is 1240. The van der Waals surface area contributed by atoms with Crippen molar-refractivity contribution in [1.82, 2.24) is 20.1 Å². The van der Waals surface area contributed by atoms with Gasteiger partial charge < -0.3 is 15.4 Å². The summed E-state index contributed by atoms with van der Waals surface area (Å²) in [7, 11) is 1.66. The minimum Gasteiger partial charge on any atom is -0.496 e. The largest absolute Gasteiger partial charge is 0.496 e. The van der Waals surface area contributed by atoms with Crippen LogP contribution in [0.3, 0.4) is 0 Å². The fourth-order valence-electron chi connectivity index (χ4n) is 3.64. The van der Waals surface area contributed by atoms with Gasteiger partial charge in [-0.3, -0.25) is 4.79 Å². The summed E-state index contributed by atoms with van der Waals surface area (Å²) in [6, 6.07) is 21.5. The first-order valence-corrected chi connectivity index (χ1v) is 11.1. The molecule has 160 valence electrons. The maximum atomic E-state index is 12.8. The zero-order valence-corrected chi connectivity index (χ0v) is 18.2. The summed E-state index contributed by atoms with van der Waals surface area (Å²) in [4.78, 5) is 17.2. The molecule has 0 saturated heterocycles. The standard InChI is InChI=1S/C24H21N5O2S/c1-31-20-11-10-16(13-17(20)15-32-21-9-5-6-12-25-21)22-27-23-19(24(30)28-22)14-26-29(23)18-7-3-2-4-8-18/h2-14,22,27H,15H2,1H3,(H,28,30)/t22-/m1/s1. The molecular formula is C24H21N5O2S. The highest BCUT2D eigenvalue weighted by Crippen LogP contribution is 2.32. The summed E-state index contributed by atoms with van der Waals surface area (Å²) in [6.45, 7) is 0. The van der Waals surface area contributed by atoms with Crippen LogP contribution in [-0.4, -0.2) is 27.8 Å². The number of rotatable bonds is 6. The van der Waals surface area contributed by atoms with Crippen LogP contribution in [0.4, 0.5) is 5.82 Å². The highest BCUT2D eigenvalue weighted by Gasteiger charge is 2.29. The van der Waals surface area contributed by atoms with Crippen LogP contribution in [0.2, 0.25) is 0 Å². The molecule has 0 fully saturated rings. The summed E-state index contributed by atoms with van der Waals surface area (Å²) in [5, 5.41) is 11.8. The van der Waals surface area contributed by atoms with Crippen LogP contribution in [0, 0.1) is 0 Å². The van der Waals surface area contributed by atoms with E-state index < -0.39 is 6.17 Å². The Kier molecular flexibility index (Phi) is 5.51. The predicted molar refractivity (Wildman–Crippen MR) is 124 cm³/mol. The molecule has 0 spiro atoms. The summed E-state index contributed by atoms with van der Waals surface area (Å²) >= 11 is 1.64. The number of nitrogens with one attached hydrogen (secondary N) is 2. The van der Waals surface area contributed by atoms with Gasteiger partial charge in [0.25, 0.3) is 5.91 Å². The lowest BCUT2D eigenvalue weighted by atomic mass is 10.1. The molecule has 2 N–H and O–H groups in total. The summed E-state index contributed by atoms with van der Waals surface area (Å²) in [5.41, 5.74) is 3.36. The molecule has 4 aromatic rings. The zero-order chi connectivity index (χ0) is 21.9. The Morgan fingerprint density at radius 1 is 1.06 bits per heavy atom. The van der Waals surface area contributed by atoms with E-state index >= 15 is 0 Å². The van der Waals surface area contributed by atoms with Gasteiger partial charge in [0.05, 0.1) is 24.0 Å². The van der Waals surface area contributed by atoms with E-state index in [1.807, 2.05) is 60.7 Å². The van der Waals surface area contributed by atoms with E-state index in [0.29, 0.717) is 17.1 Å². The SMILES string of the molecule is COc1ccc([C@H]2NC(=O)c3cnn(-c4ccccc4)c3N2)cc1CSc1ccccn1. The molecule has 0 saturated carbocycles. The third-order valence-corrected chi connectivity index (χ3v) is 6.21. The minimum absolute atomic E-state index is 0.161. The fraction of sp³-hybridized carbons (Fsp3) is 0.125. The molecule has 0 radical (unpaired) electrons. The van der Waals surface area contributed by atoms with E-state index in [1.165, 1.54) is 0 Å². The quantitative estimate of drug-likeness (QED) is 0.429. The number of benzene rings is 2. The molecule has 1 amide bonds. The lowest BCUT2D eigenvalue weighted by Crippen LogP contribution is -2.38. The predicted octanol–water partition coefficient (Wildman–Crippen LogP) is 4.42. The summed E-state index contributed by atoms with van der Waals surface area (Å²) in [6.07, 6.45) is 2.98. The number of hydrogen-bond acceptors (Lipinski definition) is 6. The van der Waals surface area contributed by atoms with Crippen LogP contribution in [0.15, 0.2) is 84.1 Å². The van der Waals surface area contributed by atoms with Crippen LogP contribution in [0.1, 0.15) is 27.7 Å². The molecule has 7 nitrogen and oxygen atoms in total. The van der Waals surface area contributed by atoms with Crippen molar-refractivity contribution in [2.24, 2.45) is 0 Å². The Balaban J connectivity index is 1.43. The monoisotopic (exact) mass is 443 g/mol. The van der Waals surface area contributed by atoms with Crippen molar-refractivity contribution in [3.63, 3.8) is 0 Å². The Morgan fingerprint density at radius 3 is 2.69 bits per heavy atom. The van der Waals surface area contributed by atoms with Gasteiger partial charge in [0.15, 0.2) is 0 Å². The number of methoxy groups -OCH3 is 1. The topological polar surface area (TPSA) is 81.1 Å². The molecule has 32 heavy (non-hydrogen) atoms. The Morgan fingerprint density at radius 2 is 1.91 bits per heavy atom. The van der Waals surface area contributed by atoms with Crippen molar-refractivity contribution in [1.29, 1.82) is 0 Å². The second kappa shape index (κ2) is 8.76. The van der Waals surface area contributed by atoms with Crippen molar-refractivity contribution in [2.75, 3.05) is 12.4 Å². The molecule has 1 atom stereocenters. The lowest BCUT2D eigenvalue weighted by molar-refractivity contribution is 0.0935. The van der Waals surface area contributed by atoms with E-state index in [-0.39, 0.29) is 5.91 Å². The summed E-state index contributed by atoms with van der Waals surface area (Å²) in [5.74, 6) is 2.01. The smallest absolute Gasteiger partial charge is 0.258 e. The number of carbonyl (C=O) groups is 1. The van der Waals surface area contributed by atoms with Gasteiger partial charge >= 0.3 is 0 Å². The normalized spacial score (nSPS) is 14.9. The van der Waals surface area contributed by atoms with Gasteiger partial charge in [-0.1, -0.05) is 30.3 Å². The number of ether oxygens (including phenoxy) is 1. The van der Waals surface area contributed by atoms with Crippen LogP contribution in [0.25, 0.3) is 5.69 Å². The van der Waals surface area contributed by atoms with E-state index in [0.717, 1.165) is 27.6 Å². The molecule has 1 aliphatic heterocycles. The third kappa shape index (κ3) is 3.92. The number of amides is 1. The van der Waals surface area contributed by atoms with Crippen molar-refractivity contribution in [3.05, 3.63) is 95.8 Å². The van der Waals surface area contributed by atoms with E-state index in [9.17, 15) is 4.79 Å². The molecular weight excluding hydrogens is 422 g/mol. The Labute approximate surface area is 189 Å². The second-order valence-corrected chi connectivity index (χ2v) is 8.23. The van der Waals surface area contributed by atoms with Gasteiger partial charge in [-0.05, 0) is 42.0 Å². The van der Waals surface area contributed by atoms with Crippen molar-refractivity contribution >= 4 is 23.5 Å². The molecule has 8 heteroatoms. The highest BCUT2D eigenvalue weighted by molar-refractivity contribution is 7.98. The molecule has 0 aliphatic carbocycles. The van der Waals surface area contributed by atoms with Crippen LogP contribution in [-0.2, 0) is 5.75 Å². The van der Waals surface area contributed by atoms with Crippen LogP contribution < -0.4 is 15.4 Å². The average Bonchev–Trinajstić information content (AvgIpc) is 3.28. The highest BCUT2D eigenvalue weighted by atomic mass is 32.2. The van der Waals surface area contributed by atoms with Crippen LogP contribution in [0.5, 0.6) is 5.75 Å². The first-order chi connectivity index (χ1) is 15.7. The fourth-order valence-corrected chi connectivity index (χ4v) is 4.48. The number of aromatic nitrogens is 3. The molecule has 5 rings (SSSR count). The number of hydrogen-bond donors (Lipinski definition) is 2. The number of fused-ring (bicyclic) bond motifs is 1. The molecule has 0 bridgehead atoms. The van der Waals surface area contributed by atoms with Gasteiger partial charge in [-0.25, -0.2) is 9.67 Å². The van der Waals surface area contributed by atoms with Crippen molar-refractivity contribution in [2.45, 2.75) is 16.9 Å². The Hall–Kier alpha value is -3.78. The molecule has 2 aromatic carbocycles. The number of anilines is 1. The maximum Gasteiger partial charge on any atom is 0.258 e. The number of thioether (sulfide) groups is 1. The molecule has 0 unspecified atom stereocenters. The van der Waals surface area contributed by atoms with Gasteiger partial charge in [0.1, 0.15) is 23.3 Å². The van der Waals surface area contributed by atoms with E-state index in [1.54, 1.807) is 35.9 Å². The van der Waals surface area contributed by atoms with Gasteiger partial charge in [-0.15, -0.1) is 11.8 Å². The number of pyridine rings is 1. The maximum absolute atomic E-state index is 12.8. The molecule has 3 heterocycles. The van der Waals surface area contributed by atoms with E-state index in [2.05, 4.69) is 26.8 Å². The lowest BCUT2D eigenvalue weighted by Gasteiger charge is -2.27. The van der Waals surface area contributed by atoms with Gasteiger partial charge in [0.2, 0.25) is 0 Å². The van der Waals surface area contributed by atoms with Crippen molar-refractivity contribution in [3.8, 4) is 11.4 Å². The van der Waals surface area contributed by atoms with Gasteiger partial charge in [0, 0.05) is 17.5 Å². The number of carbonyl (C=O) groups excluding carboxylic acids is 1. The molecule has 1 aliphatic rings. The van der Waals surface area contributed by atoms with Gasteiger partial charge in [-0.2, -0.15) is 5.10 Å². The third-order valence-electron chi connectivity index (χ3n) is 5.22. The first-order valence-electron chi connectivity index (χ1n) is 10.1. The van der Waals surface area contributed by atoms with Crippen molar-refractivity contribution < 1.29 is 9.53 Å². The zero-order valence-electron chi connectivity index (χ0n) is 17.4. The summed E-state index contributed by atoms with van der Waals surface area (Å²) < 4.78 is 7.31. The minimum atomic E-state index is -0.390. The molecule has 2 aromatic heterocycles. The first kappa shape index (κ1) is 20.1. The number of nitrogens with zero attached hydrogens (tertiary/aromatic N) is 3. The number of para-hydroxylation sites is 1. The second-order valence-electron chi connectivity index (χ2n) is 7.23. The van der Waals surface area contributed by atoms with E-state index in [4.69, 9.17) is 4.74 Å².